The molecule has 6 aromatic carbocycles. The van der Waals surface area contributed by atoms with Gasteiger partial charge in [0.2, 0.25) is 11.4 Å². The summed E-state index contributed by atoms with van der Waals surface area (Å²) in [6.45, 7) is 27.9. The number of fused-ring (bicyclic) bond motifs is 10. The minimum atomic E-state index is -0.657. The number of ketones is 1. The van der Waals surface area contributed by atoms with Crippen molar-refractivity contribution in [2.45, 2.75) is 115 Å². The number of pyridine rings is 3. The number of rotatable bonds is 9. The Kier molecular flexibility index (Phi) is 7.56. The van der Waals surface area contributed by atoms with Crippen LogP contribution in [0.3, 0.4) is 0 Å². The number of aliphatic hydroxyl groups excluding tert-OH is 1. The Morgan fingerprint density at radius 2 is 0.833 bits per heavy atom. The van der Waals surface area contributed by atoms with Crippen LogP contribution in [-0.2, 0) is 46.7 Å². The maximum atomic E-state index is 15.2. The molecular weight excluding hydrogens is 1430 g/mol. The highest BCUT2D eigenvalue weighted by Gasteiger charge is 2.54. The van der Waals surface area contributed by atoms with E-state index in [0.29, 0.717) is 87.7 Å². The lowest BCUT2D eigenvalue weighted by Gasteiger charge is -2.48. The van der Waals surface area contributed by atoms with E-state index in [9.17, 15) is 9.90 Å². The molecule has 15 nitrogen and oxygen atoms in total. The van der Waals surface area contributed by atoms with E-state index >= 15 is 13.2 Å². The number of aliphatic hydroxyl groups is 1. The van der Waals surface area contributed by atoms with Crippen LogP contribution in [0.25, 0.3) is 111 Å². The largest absolute Gasteiger partial charge is 0.523 e. The highest BCUT2D eigenvalue weighted by atomic mass is 19.1. The number of allylic oxidation sites excluding steroid dienone is 4. The van der Waals surface area contributed by atoms with E-state index in [2.05, 4.69) is 45.6 Å². The van der Waals surface area contributed by atoms with E-state index in [-0.39, 0.29) is 71.1 Å². The van der Waals surface area contributed by atoms with Crippen molar-refractivity contribution in [3.8, 4) is 102 Å². The molecule has 704 valence electrons. The van der Waals surface area contributed by atoms with E-state index in [4.69, 9.17) is 260 Å². The van der Waals surface area contributed by atoms with Crippen LogP contribution in [0.5, 0.6) is 0 Å². The molecule has 0 fully saturated rings. The Hall–Kier alpha value is -13.1. The van der Waals surface area contributed by atoms with Gasteiger partial charge in [-0.1, -0.05) is 180 Å². The topological polar surface area (TPSA) is 188 Å². The maximum absolute atomic E-state index is 15.2. The average molecular weight is 1930 g/mol. The number of halogens is 3. The molecule has 0 saturated carbocycles. The highest BCUT2D eigenvalue weighted by molar-refractivity contribution is 6.00. The van der Waals surface area contributed by atoms with Crippen molar-refractivity contribution in [1.29, 1.82) is 0 Å². The third kappa shape index (κ3) is 13.0. The molecule has 0 saturated heterocycles. The summed E-state index contributed by atoms with van der Waals surface area (Å²) in [6.07, 6.45) is 14.7. The Morgan fingerprint density at radius 3 is 1.24 bits per heavy atom. The second-order valence-corrected chi connectivity index (χ2v) is 31.4. The second kappa shape index (κ2) is 29.9. The number of nitrogens with zero attached hydrogens (tertiary/aromatic N) is 12. The standard InChI is InChI=1S/2C32H27FN4O.C32H25FN4O.71H2/c1-19-25-14-13-24-28(23-10-6-7-11-26(23)33)36-31(21-12-15-27(34-17-21)20-8-4-3-5-9-20)37-30(24)32(25,2)16-22-18-35-38-29(19)22;2*1-19-24-15-14-23-28(22-11-7-8-12-25(22)33)36-31(37-30(23)32(24,2)17-27(34-3)29(19)38)21-13-16-26(35-18-21)20-9-5-4-6-10-20;;;;;;;;;;;;;;;;;;;;;;;;;;;;;;;;;;;;;;;;;;;;;;;;;;;;;;;;;;;;;;;;;;;;;;;/h3-12,15,17-19,25H,13-14,16H2,1-2H3;4-13,16,18-19,24,38H,14-15,17H2,1-2H3;4-13,16-19,24H,14-15H2,1-2H3;71*1H/t19-,25-,32-;2*19-,24-,32-;;;;;;;;;;;;;;;;;;;;;;;;;;;;;;;;;;;;;;;;;;;;;;;;;;;;;;;;;;;;;;;;;;;;;;;/m111......................................................................./s1/i;;;70*1+2T;1+2. The molecule has 0 bridgehead atoms. The van der Waals surface area contributed by atoms with Crippen LogP contribution in [0.2, 0.25) is 0 Å². The lowest BCUT2D eigenvalue weighted by molar-refractivity contribution is -0.121. The van der Waals surface area contributed by atoms with Gasteiger partial charge >= 0.3 is 0 Å². The predicted octanol–water partition coefficient (Wildman–Crippen LogP) is 39.1. The van der Waals surface area contributed by atoms with Crippen LogP contribution in [-0.4, -0.2) is 60.9 Å². The lowest BCUT2D eigenvalue weighted by Crippen LogP contribution is -2.46. The van der Waals surface area contributed by atoms with Crippen molar-refractivity contribution in [2.24, 2.45) is 29.6 Å². The van der Waals surface area contributed by atoms with Gasteiger partial charge in [-0.2, -0.15) is 0 Å². The van der Waals surface area contributed by atoms with E-state index < -0.39 is 10.8 Å². The lowest BCUT2D eigenvalue weighted by atomic mass is 9.56. The van der Waals surface area contributed by atoms with Gasteiger partial charge in [0.25, 0.3) is 0 Å². The van der Waals surface area contributed by atoms with Gasteiger partial charge in [-0.3, -0.25) is 15.0 Å². The third-order valence-electron chi connectivity index (χ3n) is 24.9. The van der Waals surface area contributed by atoms with Crippen LogP contribution < -0.4 is 0 Å². The molecule has 13 aromatic rings. The van der Waals surface area contributed by atoms with Crippen molar-refractivity contribution in [2.75, 3.05) is 0 Å². The summed E-state index contributed by atoms with van der Waals surface area (Å²) in [4.78, 5) is 64.3. The molecular formula is C96H221F3N12O3. The third-order valence-corrected chi connectivity index (χ3v) is 24.9. The maximum Gasteiger partial charge on any atom is 0.226 e. The van der Waals surface area contributed by atoms with Crippen LogP contribution in [0.15, 0.2) is 253 Å². The van der Waals surface area contributed by atoms with Gasteiger partial charge < -0.3 is 14.4 Å². The van der Waals surface area contributed by atoms with Gasteiger partial charge in [0.05, 0.1) is 76.3 Å². The van der Waals surface area contributed by atoms with Gasteiger partial charge in [0.15, 0.2) is 23.3 Å². The number of benzene rings is 6. The zero-order chi connectivity index (χ0) is 219. The first kappa shape index (κ1) is 28.8. The molecule has 7 heterocycles. The van der Waals surface area contributed by atoms with Crippen molar-refractivity contribution >= 4 is 5.78 Å². The molecule has 0 radical (unpaired) electrons. The van der Waals surface area contributed by atoms with E-state index in [0.717, 1.165) is 122 Å². The smallest absolute Gasteiger partial charge is 0.226 e. The fourth-order valence-corrected chi connectivity index (χ4v) is 19.0. The van der Waals surface area contributed by atoms with Gasteiger partial charge in [0.1, 0.15) is 23.2 Å². The zero-order valence-corrected chi connectivity index (χ0v) is 63.8. The van der Waals surface area contributed by atoms with Gasteiger partial charge in [-0.15, -0.1) is 0 Å². The number of carbonyl (C=O) groups is 1. The molecule has 6 aliphatic carbocycles. The van der Waals surface area contributed by atoms with E-state index in [1.54, 1.807) is 54.9 Å². The first-order valence-corrected chi connectivity index (χ1v) is 38.8. The molecule has 1 N–H and O–H groups in total. The summed E-state index contributed by atoms with van der Waals surface area (Å²) in [6, 6.07) is 61.9. The monoisotopic (exact) mass is 1930 g/mol. The predicted molar refractivity (Wildman–Crippen MR) is 583 cm³/mol. The summed E-state index contributed by atoms with van der Waals surface area (Å²) < 4.78 is 751. The van der Waals surface area contributed by atoms with Crippen LogP contribution in [0.4, 0.5) is 13.2 Å². The summed E-state index contributed by atoms with van der Waals surface area (Å²) in [5.74, 6) is 1.79. The van der Waals surface area contributed by atoms with Crippen LogP contribution in [0, 0.1) is 60.2 Å². The molecule has 9 atom stereocenters. The molecule has 19 rings (SSSR count). The number of hydrogen-bond acceptors (Lipinski definition) is 13. The summed E-state index contributed by atoms with van der Waals surface area (Å²) >= 11 is 0. The van der Waals surface area contributed by atoms with Crippen LogP contribution >= 0.6 is 0 Å². The molecule has 6 aliphatic rings. The van der Waals surface area contributed by atoms with Crippen molar-refractivity contribution in [1.82, 2.24) is 50.0 Å². The first-order chi connectivity index (χ1) is 125. The van der Waals surface area contributed by atoms with Gasteiger partial charge in [0, 0.05) is 334 Å². The Bertz CT molecular complexity index is 6320. The number of hydrogen-bond donors (Lipinski definition) is 1. The quantitative estimate of drug-likeness (QED) is 0.135. The Labute approximate surface area is 877 Å². The summed E-state index contributed by atoms with van der Waals surface area (Å²) in [7, 11) is 0. The van der Waals surface area contributed by atoms with E-state index in [1.807, 2.05) is 179 Å². The fraction of sp³-hybridized carbons (Fsp3) is 0.240. The second-order valence-electron chi connectivity index (χ2n) is 31.4. The zero-order valence-electron chi connectivity index (χ0n) is 204. The molecule has 0 spiro atoms. The number of carbonyl (C=O) groups excluding carboxylic acids is 1. The molecule has 0 aliphatic heterocycles. The minimum absolute atomic E-state index is 0. The minimum Gasteiger partial charge on any atom is -0.523 e. The van der Waals surface area contributed by atoms with Crippen molar-refractivity contribution in [3.63, 3.8) is 0 Å². The molecule has 114 heavy (non-hydrogen) atoms. The summed E-state index contributed by atoms with van der Waals surface area (Å²) in [5, 5.41) is 14.8. The number of aromatic nitrogens is 10. The van der Waals surface area contributed by atoms with Crippen LogP contribution in [0.1, 0.15) is 328 Å². The van der Waals surface area contributed by atoms with Gasteiger partial charge in [-0.05, 0) is 142 Å². The Balaban J connectivity index is -0.0000000330. The summed E-state index contributed by atoms with van der Waals surface area (Å²) in [5.41, 5.74) is 16.8. The first-order valence-electron chi connectivity index (χ1n) is 109. The molecule has 18 heteroatoms. The SMILES string of the molecule is C[C@H]1c2oncc2C[C@@]2(C)c3nc(-c4ccc(-c5ccccc5)nc4)nc(-c4ccccc4F)c3CC[C@H]12.[3HH].[3H][3H].[3H][3H].[3H][3H].[3H][3H].[3H][3H].[3H][3H].[3H][3H].[3H][3H].[3H][3H].[3H][3H].[3H][3H].[3H][3H].[3H][3H].[3H][3H].[3H][3H].[3H][3H].[3H][3H].[3H][3H].[3H][3H].[3H][3H].[3H][3H].[3H][3H].[3H][3H].[3H][3H].[3H][3H].[3H][3H].[3H][3H].[3H][3H].[3H][3H].[3H][3H].[3H][3H].[3H][3H].[3H][3H].[3H][3H].[3H][3H].[3H][3H].[3H][3H].[3H][3H].[3H][3H].[3H][3H].[3H][3H].[3H][3H].[3H][3H].[3H][3H].[3H][3H].[3H][3H].[3H][3H].[3H][3H].[3H][3H].[3H][3H].[3H][3H].[3H][3H].[3H][3H].[3H][3H].[3H][3H].[3H][3H].[3H][3H].[3H][3H].[3H][3H].[3H][3H].[3H][3H].[3H][3H].[3H][3H].[3H][3H].[3H][3H].[3H][3H].[3H][3H].[3H][3H].[3H][3H].[3H][3H].[C-]#[N+]C1=C(O)[C@H](C)[C@H]2CCc3c(-c4ccccc4F)nc(-c4ccc(-c5ccccc5)nc4)nc3[C@]2(C)C1.[C-]#[N+]C1=C[C@@]2(C)c3nc(-c4ccc(-c5ccccc5)nc4)nc(-c4ccccc4F)c3CC[C@@H]2[C@@H](C)C1=O. The normalized spacial score (nSPS) is 27.0. The molecule has 0 unspecified atom stereocenters. The molecule has 7 aromatic heterocycles. The average Bonchev–Trinajstić information content (AvgIpc) is 1.68. The number of Topliss-reactive ketones (excluding diaryl/α,β-unsaturated/α-hetero) is 1. The molecule has 0 amide bonds. The van der Waals surface area contributed by atoms with Crippen molar-refractivity contribution in [3.05, 3.63) is 334 Å². The van der Waals surface area contributed by atoms with Crippen molar-refractivity contribution < 1.29 is 237 Å². The van der Waals surface area contributed by atoms with Gasteiger partial charge in [-0.25, -0.2) is 52.8 Å². The highest BCUT2D eigenvalue weighted by Crippen LogP contribution is 2.57. The van der Waals surface area contributed by atoms with E-state index in [1.165, 1.54) is 18.2 Å². The Morgan fingerprint density at radius 1 is 0.447 bits per heavy atom. The fourth-order valence-electron chi connectivity index (χ4n) is 19.0.